The summed E-state index contributed by atoms with van der Waals surface area (Å²) in [6.07, 6.45) is 0. The molecule has 0 saturated heterocycles. The van der Waals surface area contributed by atoms with E-state index < -0.39 is 0 Å². The van der Waals surface area contributed by atoms with E-state index in [1.165, 1.54) is 0 Å². The smallest absolute Gasteiger partial charge is 0.196 e. The van der Waals surface area contributed by atoms with Gasteiger partial charge in [0, 0.05) is 44.7 Å². The zero-order chi connectivity index (χ0) is 24.2. The summed E-state index contributed by atoms with van der Waals surface area (Å²) in [4.78, 5) is 30.9. The molecule has 0 unspecified atom stereocenters. The van der Waals surface area contributed by atoms with Gasteiger partial charge in [0.2, 0.25) is 0 Å². The van der Waals surface area contributed by atoms with Gasteiger partial charge in [-0.2, -0.15) is 0 Å². The van der Waals surface area contributed by atoms with Crippen LogP contribution in [0.15, 0.2) is 64.4 Å². The number of thioether (sulfide) groups is 2. The maximum Gasteiger partial charge on any atom is 0.196 e. The molecule has 6 nitrogen and oxygen atoms in total. The second kappa shape index (κ2) is 10.7. The van der Waals surface area contributed by atoms with E-state index in [9.17, 15) is 9.59 Å². The molecule has 0 spiro atoms. The number of aliphatic hydroxyl groups excluding tert-OH is 1. The number of benzene rings is 3. The van der Waals surface area contributed by atoms with Gasteiger partial charge in [-0.15, -0.1) is 23.5 Å². The molecule has 0 radical (unpaired) electrons. The summed E-state index contributed by atoms with van der Waals surface area (Å²) in [6, 6.07) is 16.5. The first kappa shape index (κ1) is 24.3. The van der Waals surface area contributed by atoms with Crippen molar-refractivity contribution in [3.05, 3.63) is 76.9 Å². The molecule has 0 saturated carbocycles. The average Bonchev–Trinajstić information content (AvgIpc) is 2.83. The van der Waals surface area contributed by atoms with Crippen LogP contribution >= 0.6 is 23.5 Å². The number of nitrogen functional groups attached to an aromatic ring is 1. The van der Waals surface area contributed by atoms with Crippen LogP contribution in [0.4, 0.5) is 17.1 Å². The Labute approximate surface area is 207 Å². The molecule has 176 valence electrons. The summed E-state index contributed by atoms with van der Waals surface area (Å²) in [5, 5.41) is 12.5. The molecule has 8 heteroatoms. The second-order valence-electron chi connectivity index (χ2n) is 8.17. The molecule has 0 heterocycles. The Bertz CT molecular complexity index is 1240. The minimum atomic E-state index is -0.229. The van der Waals surface area contributed by atoms with Crippen LogP contribution in [0.3, 0.4) is 0 Å². The standard InChI is InChI=1S/C26H27N3O3S2/c1-29(2)10-12-34-21-15-20(28-16-6-5-7-17(14-16)33-13-11-30)22-23(24(21)27)26(32)19-9-4-3-8-18(19)25(22)31/h3-9,14-15,28,30H,10-13,27H2,1-2H3. The van der Waals surface area contributed by atoms with E-state index in [0.29, 0.717) is 33.8 Å². The molecule has 3 aromatic rings. The van der Waals surface area contributed by atoms with E-state index in [2.05, 4.69) is 10.2 Å². The van der Waals surface area contributed by atoms with Gasteiger partial charge in [0.25, 0.3) is 0 Å². The zero-order valence-corrected chi connectivity index (χ0v) is 20.8. The van der Waals surface area contributed by atoms with E-state index in [1.807, 2.05) is 44.4 Å². The van der Waals surface area contributed by atoms with Crippen molar-refractivity contribution in [1.29, 1.82) is 0 Å². The normalized spacial score (nSPS) is 12.6. The maximum atomic E-state index is 13.5. The number of rotatable bonds is 9. The lowest BCUT2D eigenvalue weighted by Gasteiger charge is -2.24. The average molecular weight is 494 g/mol. The molecule has 0 aromatic heterocycles. The third kappa shape index (κ3) is 5.00. The van der Waals surface area contributed by atoms with Crippen LogP contribution in [0.5, 0.6) is 0 Å². The van der Waals surface area contributed by atoms with Crippen LogP contribution in [0.1, 0.15) is 31.8 Å². The fraction of sp³-hybridized carbons (Fsp3) is 0.231. The second-order valence-corrected chi connectivity index (χ2v) is 10.5. The number of carbonyl (C=O) groups is 2. The van der Waals surface area contributed by atoms with Crippen molar-refractivity contribution in [2.45, 2.75) is 9.79 Å². The number of nitrogens with two attached hydrogens (primary N) is 1. The van der Waals surface area contributed by atoms with Gasteiger partial charge in [0.1, 0.15) is 0 Å². The minimum Gasteiger partial charge on any atom is -0.397 e. The summed E-state index contributed by atoms with van der Waals surface area (Å²) in [6.45, 7) is 0.946. The molecule has 0 atom stereocenters. The molecular weight excluding hydrogens is 466 g/mol. The third-order valence-corrected chi connectivity index (χ3v) is 7.48. The van der Waals surface area contributed by atoms with Gasteiger partial charge >= 0.3 is 0 Å². The topological polar surface area (TPSA) is 95.7 Å². The first-order chi connectivity index (χ1) is 16.4. The zero-order valence-electron chi connectivity index (χ0n) is 19.1. The van der Waals surface area contributed by atoms with E-state index in [1.54, 1.807) is 47.8 Å². The van der Waals surface area contributed by atoms with Crippen molar-refractivity contribution in [2.24, 2.45) is 0 Å². The number of carbonyl (C=O) groups excluding carboxylic acids is 2. The Morgan fingerprint density at radius 2 is 1.62 bits per heavy atom. The number of aliphatic hydroxyl groups is 1. The molecule has 0 bridgehead atoms. The van der Waals surface area contributed by atoms with E-state index in [-0.39, 0.29) is 23.7 Å². The number of nitrogens with one attached hydrogen (secondary N) is 1. The summed E-state index contributed by atoms with van der Waals surface area (Å²) >= 11 is 3.11. The molecule has 1 aliphatic rings. The quantitative estimate of drug-likeness (QED) is 0.231. The van der Waals surface area contributed by atoms with E-state index in [4.69, 9.17) is 10.8 Å². The van der Waals surface area contributed by atoms with Crippen LogP contribution < -0.4 is 11.1 Å². The highest BCUT2D eigenvalue weighted by atomic mass is 32.2. The number of hydrogen-bond donors (Lipinski definition) is 3. The van der Waals surface area contributed by atoms with Gasteiger partial charge in [-0.25, -0.2) is 0 Å². The minimum absolute atomic E-state index is 0.0946. The van der Waals surface area contributed by atoms with E-state index >= 15 is 0 Å². The fourth-order valence-electron chi connectivity index (χ4n) is 3.83. The first-order valence-electron chi connectivity index (χ1n) is 10.9. The lowest BCUT2D eigenvalue weighted by Crippen LogP contribution is -2.24. The van der Waals surface area contributed by atoms with Crippen molar-refractivity contribution < 1.29 is 14.7 Å². The SMILES string of the molecule is CN(C)CCSc1cc(Nc2cccc(SCCO)c2)c2c(c1N)C(=O)c1ccccc1C2=O. The molecular formula is C26H27N3O3S2. The molecule has 0 fully saturated rings. The van der Waals surface area contributed by atoms with Crippen LogP contribution in [-0.2, 0) is 0 Å². The highest BCUT2D eigenvalue weighted by Crippen LogP contribution is 2.42. The van der Waals surface area contributed by atoms with Gasteiger partial charge in [-0.05, 0) is 38.4 Å². The molecule has 0 amide bonds. The lowest BCUT2D eigenvalue weighted by molar-refractivity contribution is 0.0980. The lowest BCUT2D eigenvalue weighted by atomic mass is 9.82. The van der Waals surface area contributed by atoms with Crippen molar-refractivity contribution in [3.63, 3.8) is 0 Å². The van der Waals surface area contributed by atoms with Crippen LogP contribution in [0.2, 0.25) is 0 Å². The third-order valence-electron chi connectivity index (χ3n) is 5.47. The Morgan fingerprint density at radius 3 is 2.29 bits per heavy atom. The highest BCUT2D eigenvalue weighted by Gasteiger charge is 2.34. The molecule has 1 aliphatic carbocycles. The molecule has 34 heavy (non-hydrogen) atoms. The largest absolute Gasteiger partial charge is 0.397 e. The summed E-state index contributed by atoms with van der Waals surface area (Å²) in [7, 11) is 4.01. The molecule has 4 N–H and O–H groups in total. The maximum absolute atomic E-state index is 13.5. The summed E-state index contributed by atoms with van der Waals surface area (Å²) < 4.78 is 0. The van der Waals surface area contributed by atoms with Gasteiger partial charge in [0.15, 0.2) is 11.6 Å². The number of nitrogens with zero attached hydrogens (tertiary/aromatic N) is 1. The van der Waals surface area contributed by atoms with Crippen LogP contribution in [0, 0.1) is 0 Å². The summed E-state index contributed by atoms with van der Waals surface area (Å²) in [5.74, 6) is 0.946. The number of fused-ring (bicyclic) bond motifs is 2. The summed E-state index contributed by atoms with van der Waals surface area (Å²) in [5.41, 5.74) is 9.57. The Morgan fingerprint density at radius 1 is 0.912 bits per heavy atom. The van der Waals surface area contributed by atoms with Crippen molar-refractivity contribution >= 4 is 52.2 Å². The monoisotopic (exact) mass is 493 g/mol. The Hall–Kier alpha value is -2.78. The Kier molecular flexibility index (Phi) is 7.63. The van der Waals surface area contributed by atoms with Gasteiger partial charge < -0.3 is 21.1 Å². The molecule has 3 aromatic carbocycles. The fourth-order valence-corrected chi connectivity index (χ4v) is 5.68. The van der Waals surface area contributed by atoms with Gasteiger partial charge in [-0.3, -0.25) is 9.59 Å². The van der Waals surface area contributed by atoms with Gasteiger partial charge in [0.05, 0.1) is 29.1 Å². The predicted molar refractivity (Wildman–Crippen MR) is 141 cm³/mol. The number of ketones is 2. The van der Waals surface area contributed by atoms with Crippen molar-refractivity contribution in [1.82, 2.24) is 4.90 Å². The van der Waals surface area contributed by atoms with Crippen molar-refractivity contribution in [2.75, 3.05) is 49.8 Å². The van der Waals surface area contributed by atoms with Crippen molar-refractivity contribution in [3.8, 4) is 0 Å². The highest BCUT2D eigenvalue weighted by molar-refractivity contribution is 7.99. The number of hydrogen-bond acceptors (Lipinski definition) is 8. The predicted octanol–water partition coefficient (Wildman–Crippen LogP) is 4.53. The van der Waals surface area contributed by atoms with Crippen LogP contribution in [0.25, 0.3) is 0 Å². The van der Waals surface area contributed by atoms with Gasteiger partial charge in [-0.1, -0.05) is 30.3 Å². The first-order valence-corrected chi connectivity index (χ1v) is 12.9. The number of anilines is 3. The molecule has 4 rings (SSSR count). The Balaban J connectivity index is 1.80. The van der Waals surface area contributed by atoms with E-state index in [0.717, 1.165) is 27.8 Å². The molecule has 0 aliphatic heterocycles. The van der Waals surface area contributed by atoms with Crippen LogP contribution in [-0.4, -0.2) is 60.3 Å².